The smallest absolute Gasteiger partial charge is 0.104 e. The SMILES string of the molecule is [Ir].[c-]1cc2ccccc2c2c1-c1nc3ccccc3cc1OC2.[c-]1ccccc1-c1ccc2ccccc2n1. The van der Waals surface area contributed by atoms with E-state index in [0.717, 1.165) is 44.7 Å². The van der Waals surface area contributed by atoms with Crippen molar-refractivity contribution in [2.24, 2.45) is 0 Å². The predicted molar refractivity (Wildman–Crippen MR) is 154 cm³/mol. The molecule has 3 nitrogen and oxygen atoms in total. The zero-order valence-corrected chi connectivity index (χ0v) is 23.3. The molecule has 0 saturated carbocycles. The Labute approximate surface area is 240 Å². The number of hydrogen-bond donors (Lipinski definition) is 0. The minimum Gasteiger partial charge on any atom is -0.506 e. The molecular formula is C35H22IrN2O-2. The van der Waals surface area contributed by atoms with Gasteiger partial charge in [0.2, 0.25) is 0 Å². The molecule has 0 saturated heterocycles. The molecule has 0 aliphatic carbocycles. The third-order valence-corrected chi connectivity index (χ3v) is 6.84. The number of aromatic nitrogens is 2. The summed E-state index contributed by atoms with van der Waals surface area (Å²) in [5, 5.41) is 4.68. The monoisotopic (exact) mass is 679 g/mol. The Hall–Kier alpha value is -4.37. The molecule has 0 bridgehead atoms. The molecule has 1 radical (unpaired) electrons. The fourth-order valence-corrected chi connectivity index (χ4v) is 4.93. The first kappa shape index (κ1) is 24.9. The zero-order valence-electron chi connectivity index (χ0n) is 20.9. The van der Waals surface area contributed by atoms with Crippen LogP contribution < -0.4 is 4.74 Å². The third kappa shape index (κ3) is 4.81. The van der Waals surface area contributed by atoms with Crippen molar-refractivity contribution < 1.29 is 24.8 Å². The van der Waals surface area contributed by atoms with E-state index in [1.165, 1.54) is 21.7 Å². The van der Waals surface area contributed by atoms with Gasteiger partial charge in [0.15, 0.2) is 0 Å². The Balaban J connectivity index is 0.000000145. The second kappa shape index (κ2) is 10.8. The van der Waals surface area contributed by atoms with Crippen molar-refractivity contribution in [2.45, 2.75) is 6.61 Å². The van der Waals surface area contributed by atoms with Gasteiger partial charge < -0.3 is 4.74 Å². The quantitative estimate of drug-likeness (QED) is 0.164. The van der Waals surface area contributed by atoms with Gasteiger partial charge in [-0.25, -0.2) is 0 Å². The molecule has 4 heteroatoms. The zero-order chi connectivity index (χ0) is 25.3. The van der Waals surface area contributed by atoms with E-state index in [2.05, 4.69) is 59.6 Å². The first-order chi connectivity index (χ1) is 18.8. The third-order valence-electron chi connectivity index (χ3n) is 6.84. The molecule has 1 aliphatic rings. The molecule has 0 amide bonds. The average molecular weight is 679 g/mol. The standard InChI is InChI=1S/C20H12NO.C15H10N.Ir/c1-3-7-15-13(5-1)9-10-16-17(15)12-22-19-11-14-6-2-4-8-18(14)21-20(16)19;1-2-6-12(7-3-1)15-11-10-13-8-4-5-9-14(13)16-15;/h1-9,11H,12H2;1-6,8-11H;/q2*-1;. The van der Waals surface area contributed by atoms with E-state index < -0.39 is 0 Å². The van der Waals surface area contributed by atoms with Crippen LogP contribution in [0.5, 0.6) is 5.75 Å². The maximum Gasteiger partial charge on any atom is 0.104 e. The summed E-state index contributed by atoms with van der Waals surface area (Å²) in [5.41, 5.74) is 7.15. The summed E-state index contributed by atoms with van der Waals surface area (Å²) >= 11 is 0. The van der Waals surface area contributed by atoms with E-state index in [4.69, 9.17) is 9.72 Å². The first-order valence-electron chi connectivity index (χ1n) is 12.6. The molecule has 0 fully saturated rings. The molecule has 0 atom stereocenters. The Morgan fingerprint density at radius 2 is 1.36 bits per heavy atom. The molecule has 0 unspecified atom stereocenters. The van der Waals surface area contributed by atoms with Gasteiger partial charge in [0, 0.05) is 31.2 Å². The molecule has 5 aromatic carbocycles. The maximum atomic E-state index is 5.98. The first-order valence-corrected chi connectivity index (χ1v) is 12.6. The molecule has 0 N–H and O–H groups in total. The van der Waals surface area contributed by atoms with Crippen molar-refractivity contribution >= 4 is 32.6 Å². The Morgan fingerprint density at radius 1 is 0.641 bits per heavy atom. The number of fused-ring (bicyclic) bond motifs is 7. The summed E-state index contributed by atoms with van der Waals surface area (Å²) in [5.74, 6) is 0.845. The van der Waals surface area contributed by atoms with Gasteiger partial charge in [0.1, 0.15) is 5.75 Å². The van der Waals surface area contributed by atoms with E-state index in [1.54, 1.807) is 0 Å². The second-order valence-corrected chi connectivity index (χ2v) is 9.21. The molecule has 3 heterocycles. The second-order valence-electron chi connectivity index (χ2n) is 9.21. The van der Waals surface area contributed by atoms with Gasteiger partial charge in [-0.3, -0.25) is 9.97 Å². The summed E-state index contributed by atoms with van der Waals surface area (Å²) in [6.07, 6.45) is 0. The summed E-state index contributed by atoms with van der Waals surface area (Å²) in [6, 6.07) is 47.4. The summed E-state index contributed by atoms with van der Waals surface area (Å²) in [4.78, 5) is 9.42. The number of hydrogen-bond acceptors (Lipinski definition) is 3. The molecule has 8 rings (SSSR count). The van der Waals surface area contributed by atoms with Gasteiger partial charge in [0.25, 0.3) is 0 Å². The number of para-hydroxylation sites is 2. The Kier molecular flexibility index (Phi) is 6.89. The van der Waals surface area contributed by atoms with Gasteiger partial charge in [0.05, 0.1) is 17.6 Å². The minimum absolute atomic E-state index is 0. The van der Waals surface area contributed by atoms with Crippen molar-refractivity contribution in [3.8, 4) is 28.3 Å². The van der Waals surface area contributed by atoms with Crippen LogP contribution in [0.4, 0.5) is 0 Å². The Morgan fingerprint density at radius 3 is 2.18 bits per heavy atom. The van der Waals surface area contributed by atoms with Gasteiger partial charge in [-0.1, -0.05) is 89.1 Å². The number of benzene rings is 5. The van der Waals surface area contributed by atoms with E-state index >= 15 is 0 Å². The molecule has 7 aromatic rings. The van der Waals surface area contributed by atoms with Gasteiger partial charge in [-0.15, -0.1) is 53.6 Å². The maximum absolute atomic E-state index is 5.98. The van der Waals surface area contributed by atoms with Crippen LogP contribution in [0, 0.1) is 12.1 Å². The number of ether oxygens (including phenoxy) is 1. The number of pyridine rings is 2. The van der Waals surface area contributed by atoms with E-state index in [0.29, 0.717) is 6.61 Å². The van der Waals surface area contributed by atoms with Crippen LogP contribution in [-0.2, 0) is 26.7 Å². The van der Waals surface area contributed by atoms with Crippen LogP contribution in [0.3, 0.4) is 0 Å². The summed E-state index contributed by atoms with van der Waals surface area (Å²) in [6.45, 7) is 0.570. The topological polar surface area (TPSA) is 35.0 Å². The fraction of sp³-hybridized carbons (Fsp3) is 0.0286. The largest absolute Gasteiger partial charge is 0.506 e. The van der Waals surface area contributed by atoms with Crippen LogP contribution in [0.1, 0.15) is 5.56 Å². The molecular weight excluding hydrogens is 657 g/mol. The van der Waals surface area contributed by atoms with Crippen molar-refractivity contribution in [2.75, 3.05) is 0 Å². The van der Waals surface area contributed by atoms with Crippen LogP contribution in [0.2, 0.25) is 0 Å². The van der Waals surface area contributed by atoms with E-state index in [-0.39, 0.29) is 20.1 Å². The van der Waals surface area contributed by atoms with Crippen molar-refractivity contribution in [1.82, 2.24) is 9.97 Å². The summed E-state index contributed by atoms with van der Waals surface area (Å²) in [7, 11) is 0. The molecule has 39 heavy (non-hydrogen) atoms. The molecule has 0 spiro atoms. The Bertz CT molecular complexity index is 1930. The predicted octanol–water partition coefficient (Wildman–Crippen LogP) is 8.45. The minimum atomic E-state index is 0. The normalized spacial score (nSPS) is 11.5. The average Bonchev–Trinajstić information content (AvgIpc) is 3.00. The number of rotatable bonds is 1. The van der Waals surface area contributed by atoms with Crippen molar-refractivity contribution in [1.29, 1.82) is 0 Å². The van der Waals surface area contributed by atoms with Gasteiger partial charge >= 0.3 is 0 Å². The fourth-order valence-electron chi connectivity index (χ4n) is 4.93. The van der Waals surface area contributed by atoms with Crippen molar-refractivity contribution in [3.05, 3.63) is 139 Å². The number of nitrogens with zero attached hydrogens (tertiary/aromatic N) is 2. The van der Waals surface area contributed by atoms with E-state index in [9.17, 15) is 0 Å². The molecule has 1 aliphatic heterocycles. The van der Waals surface area contributed by atoms with Gasteiger partial charge in [-0.05, 0) is 29.3 Å². The van der Waals surface area contributed by atoms with Crippen LogP contribution in [-0.4, -0.2) is 9.97 Å². The van der Waals surface area contributed by atoms with Crippen LogP contribution >= 0.6 is 0 Å². The van der Waals surface area contributed by atoms with E-state index in [1.807, 2.05) is 78.9 Å². The van der Waals surface area contributed by atoms with Crippen LogP contribution in [0.25, 0.3) is 55.1 Å². The van der Waals surface area contributed by atoms with Crippen LogP contribution in [0.15, 0.2) is 121 Å². The molecule has 2 aromatic heterocycles. The summed E-state index contributed by atoms with van der Waals surface area (Å²) < 4.78 is 5.98. The van der Waals surface area contributed by atoms with Crippen molar-refractivity contribution in [3.63, 3.8) is 0 Å². The van der Waals surface area contributed by atoms with Gasteiger partial charge in [-0.2, -0.15) is 0 Å². The molecule has 189 valence electrons.